The van der Waals surface area contributed by atoms with Crippen LogP contribution in [-0.2, 0) is 6.18 Å². The van der Waals surface area contributed by atoms with Gasteiger partial charge < -0.3 is 15.1 Å². The van der Waals surface area contributed by atoms with Gasteiger partial charge in [0.15, 0.2) is 6.35 Å². The topological polar surface area (TPSA) is 70.7 Å². The van der Waals surface area contributed by atoms with Crippen molar-refractivity contribution in [3.63, 3.8) is 0 Å². The highest BCUT2D eigenvalue weighted by atomic mass is 19.4. The fraction of sp³-hybridized carbons (Fsp3) is 0.500. The average Bonchev–Trinajstić information content (AvgIpc) is 2.58. The molecule has 2 atom stereocenters. The molecule has 0 radical (unpaired) electrons. The fourth-order valence-corrected chi connectivity index (χ4v) is 2.43. The summed E-state index contributed by atoms with van der Waals surface area (Å²) in [5, 5.41) is 29.3. The number of aliphatic hydroxyl groups excluding tert-OH is 2. The first kappa shape index (κ1) is 16.5. The van der Waals surface area contributed by atoms with Crippen LogP contribution in [0.3, 0.4) is 0 Å². The highest BCUT2D eigenvalue weighted by molar-refractivity contribution is 5.56. The molecule has 1 fully saturated rings. The largest absolute Gasteiger partial charge is 0.417 e. The first-order valence-electron chi connectivity index (χ1n) is 6.50. The van der Waals surface area contributed by atoms with Gasteiger partial charge in [-0.25, -0.2) is 0 Å². The molecule has 2 N–H and O–H groups in total. The van der Waals surface area contributed by atoms with Crippen LogP contribution in [0.4, 0.5) is 18.9 Å². The molecule has 1 heterocycles. The summed E-state index contributed by atoms with van der Waals surface area (Å²) in [5.74, 6) is 0. The smallest absolute Gasteiger partial charge is 0.372 e. The predicted molar refractivity (Wildman–Crippen MR) is 72.5 cm³/mol. The van der Waals surface area contributed by atoms with Gasteiger partial charge in [0.2, 0.25) is 0 Å². The van der Waals surface area contributed by atoms with Gasteiger partial charge >= 0.3 is 6.18 Å². The number of alkyl halides is 3. The third-order valence-electron chi connectivity index (χ3n) is 4.13. The van der Waals surface area contributed by atoms with E-state index in [0.717, 1.165) is 17.0 Å². The van der Waals surface area contributed by atoms with E-state index >= 15 is 0 Å². The van der Waals surface area contributed by atoms with Crippen molar-refractivity contribution >= 4 is 5.69 Å². The molecule has 0 aliphatic carbocycles. The molecule has 0 saturated carbocycles. The van der Waals surface area contributed by atoms with E-state index in [1.54, 1.807) is 20.9 Å². The monoisotopic (exact) mass is 315 g/mol. The molecule has 1 aliphatic rings. The second kappa shape index (κ2) is 5.12. The molecule has 2 rings (SSSR count). The zero-order valence-corrected chi connectivity index (χ0v) is 12.3. The molecule has 5 nitrogen and oxygen atoms in total. The van der Waals surface area contributed by atoms with Gasteiger partial charge in [0.05, 0.1) is 22.7 Å². The first-order valence-corrected chi connectivity index (χ1v) is 6.50. The Labute approximate surface area is 125 Å². The van der Waals surface area contributed by atoms with Gasteiger partial charge in [0, 0.05) is 5.69 Å². The lowest BCUT2D eigenvalue weighted by atomic mass is 10.0. The molecule has 22 heavy (non-hydrogen) atoms. The Kier molecular flexibility index (Phi) is 3.85. The van der Waals surface area contributed by atoms with E-state index in [1.807, 2.05) is 0 Å². The van der Waals surface area contributed by atoms with E-state index in [0.29, 0.717) is 0 Å². The summed E-state index contributed by atoms with van der Waals surface area (Å²) in [6, 6.07) is 4.56. The Morgan fingerprint density at radius 2 is 1.86 bits per heavy atom. The van der Waals surface area contributed by atoms with Gasteiger partial charge in [-0.05, 0) is 39.1 Å². The summed E-state index contributed by atoms with van der Waals surface area (Å²) in [6.07, 6.45) is -7.18. The van der Waals surface area contributed by atoms with Crippen molar-refractivity contribution < 1.29 is 23.4 Å². The van der Waals surface area contributed by atoms with Crippen LogP contribution in [0.5, 0.6) is 0 Å². The maximum atomic E-state index is 13.0. The molecule has 8 heteroatoms. The van der Waals surface area contributed by atoms with Crippen LogP contribution in [0.25, 0.3) is 0 Å². The highest BCUT2D eigenvalue weighted by Crippen LogP contribution is 2.39. The van der Waals surface area contributed by atoms with Crippen LogP contribution in [0.15, 0.2) is 18.2 Å². The summed E-state index contributed by atoms with van der Waals surface area (Å²) < 4.78 is 39.1. The Balaban J connectivity index is 2.53. The summed E-state index contributed by atoms with van der Waals surface area (Å²) in [6.45, 7) is 3.32. The summed E-state index contributed by atoms with van der Waals surface area (Å²) >= 11 is 0. The number of nitrogens with zero attached hydrogens (tertiary/aromatic N) is 3. The van der Waals surface area contributed by atoms with Gasteiger partial charge in [-0.2, -0.15) is 18.4 Å². The van der Waals surface area contributed by atoms with Crippen LogP contribution < -0.4 is 4.90 Å². The second-order valence-corrected chi connectivity index (χ2v) is 5.73. The molecular formula is C14H16F3N3O2. The molecule has 1 aliphatic heterocycles. The fourth-order valence-electron chi connectivity index (χ4n) is 2.43. The van der Waals surface area contributed by atoms with E-state index in [2.05, 4.69) is 0 Å². The van der Waals surface area contributed by atoms with E-state index in [9.17, 15) is 23.4 Å². The Hall–Kier alpha value is -1.82. The quantitative estimate of drug-likeness (QED) is 0.825. The third kappa shape index (κ3) is 2.41. The molecule has 0 aromatic heterocycles. The lowest BCUT2D eigenvalue weighted by Gasteiger charge is -2.29. The van der Waals surface area contributed by atoms with Crippen LogP contribution in [0.1, 0.15) is 25.0 Å². The summed E-state index contributed by atoms with van der Waals surface area (Å²) in [4.78, 5) is 2.53. The molecule has 1 saturated heterocycles. The number of nitriles is 1. The van der Waals surface area contributed by atoms with Gasteiger partial charge in [0.25, 0.3) is 0 Å². The minimum atomic E-state index is -4.70. The standard InChI is InChI=1S/C14H16F3N3O2/c1-13(2)11(21)20(12(22)19(13)3)9-5-4-8(7-18)10(6-9)14(15,16)17/h4-6,11-12,21-22H,1-3H3. The van der Waals surface area contributed by atoms with Crippen LogP contribution >= 0.6 is 0 Å². The van der Waals surface area contributed by atoms with E-state index < -0.39 is 35.4 Å². The molecule has 2 unspecified atom stereocenters. The molecule has 1 aromatic carbocycles. The van der Waals surface area contributed by atoms with Gasteiger partial charge in [0.1, 0.15) is 6.23 Å². The van der Waals surface area contributed by atoms with Crippen LogP contribution in [0.2, 0.25) is 0 Å². The molecule has 0 spiro atoms. The van der Waals surface area contributed by atoms with Crippen molar-refractivity contribution in [1.82, 2.24) is 4.90 Å². The van der Waals surface area contributed by atoms with E-state index in [1.165, 1.54) is 17.0 Å². The number of anilines is 1. The van der Waals surface area contributed by atoms with Gasteiger partial charge in [-0.1, -0.05) is 0 Å². The number of likely N-dealkylation sites (N-methyl/N-ethyl adjacent to an activating group) is 1. The maximum Gasteiger partial charge on any atom is 0.417 e. The Morgan fingerprint density at radius 3 is 2.27 bits per heavy atom. The number of hydrogen-bond donors (Lipinski definition) is 2. The van der Waals surface area contributed by atoms with Crippen molar-refractivity contribution in [2.75, 3.05) is 11.9 Å². The van der Waals surface area contributed by atoms with Crippen LogP contribution in [0, 0.1) is 11.3 Å². The molecule has 0 bridgehead atoms. The minimum absolute atomic E-state index is 0.0104. The molecule has 120 valence electrons. The Morgan fingerprint density at radius 1 is 1.27 bits per heavy atom. The number of hydrogen-bond acceptors (Lipinski definition) is 5. The molecule has 0 amide bonds. The average molecular weight is 315 g/mol. The van der Waals surface area contributed by atoms with Crippen molar-refractivity contribution in [2.45, 2.75) is 38.1 Å². The number of rotatable bonds is 1. The van der Waals surface area contributed by atoms with Gasteiger partial charge in [-0.3, -0.25) is 4.90 Å². The second-order valence-electron chi connectivity index (χ2n) is 5.73. The van der Waals surface area contributed by atoms with Crippen LogP contribution in [-0.4, -0.2) is 40.3 Å². The van der Waals surface area contributed by atoms with E-state index in [4.69, 9.17) is 5.26 Å². The van der Waals surface area contributed by atoms with Crippen molar-refractivity contribution in [3.8, 4) is 6.07 Å². The zero-order chi connectivity index (χ0) is 16.9. The number of benzene rings is 1. The number of aliphatic hydroxyl groups is 2. The normalized spacial score (nSPS) is 25.3. The maximum absolute atomic E-state index is 13.0. The highest BCUT2D eigenvalue weighted by Gasteiger charge is 2.50. The lowest BCUT2D eigenvalue weighted by molar-refractivity contribution is -0.137. The molecular weight excluding hydrogens is 299 g/mol. The Bertz CT molecular complexity index is 625. The lowest BCUT2D eigenvalue weighted by Crippen LogP contribution is -2.45. The van der Waals surface area contributed by atoms with E-state index in [-0.39, 0.29) is 5.69 Å². The van der Waals surface area contributed by atoms with Gasteiger partial charge in [-0.15, -0.1) is 0 Å². The third-order valence-corrected chi connectivity index (χ3v) is 4.13. The summed E-state index contributed by atoms with van der Waals surface area (Å²) in [5.41, 5.74) is -2.47. The zero-order valence-electron chi connectivity index (χ0n) is 12.3. The minimum Gasteiger partial charge on any atom is -0.372 e. The predicted octanol–water partition coefficient (Wildman–Crippen LogP) is 1.70. The van der Waals surface area contributed by atoms with Crippen molar-refractivity contribution in [1.29, 1.82) is 5.26 Å². The molecule has 1 aromatic rings. The SMILES string of the molecule is CN1C(O)N(c2ccc(C#N)c(C(F)(F)F)c2)C(O)C1(C)C. The summed E-state index contributed by atoms with van der Waals surface area (Å²) in [7, 11) is 1.56. The van der Waals surface area contributed by atoms with Crippen molar-refractivity contribution in [3.05, 3.63) is 29.3 Å². The number of halogens is 3. The first-order chi connectivity index (χ1) is 10.0. The van der Waals surface area contributed by atoms with Crippen molar-refractivity contribution in [2.24, 2.45) is 0 Å².